The Labute approximate surface area is 134 Å². The number of unbranched alkanes of at least 4 members (excludes halogenated alkanes) is 1. The lowest BCUT2D eigenvalue weighted by Gasteiger charge is -2.04. The van der Waals surface area contributed by atoms with Gasteiger partial charge >= 0.3 is 0 Å². The van der Waals surface area contributed by atoms with Crippen molar-refractivity contribution < 1.29 is 0 Å². The summed E-state index contributed by atoms with van der Waals surface area (Å²) < 4.78 is 0. The second-order valence-corrected chi connectivity index (χ2v) is 5.18. The second kappa shape index (κ2) is 13.0. The lowest BCUT2D eigenvalue weighted by molar-refractivity contribution is 0.687. The predicted molar refractivity (Wildman–Crippen MR) is 95.6 cm³/mol. The maximum absolute atomic E-state index is 5.16. The zero-order valence-corrected chi connectivity index (χ0v) is 13.4. The van der Waals surface area contributed by atoms with E-state index >= 15 is 0 Å². The van der Waals surface area contributed by atoms with Crippen LogP contribution in [0.15, 0.2) is 60.7 Å². The zero-order chi connectivity index (χ0) is 15.9. The van der Waals surface area contributed by atoms with Crippen LogP contribution in [0, 0.1) is 0 Å². The summed E-state index contributed by atoms with van der Waals surface area (Å²) in [4.78, 5) is 0. The van der Waals surface area contributed by atoms with Gasteiger partial charge in [-0.2, -0.15) is 0 Å². The van der Waals surface area contributed by atoms with Crippen LogP contribution in [0.25, 0.3) is 0 Å². The lowest BCUT2D eigenvalue weighted by Crippen LogP contribution is -2.16. The van der Waals surface area contributed by atoms with Gasteiger partial charge in [-0.3, -0.25) is 0 Å². The molecular weight excluding hydrogens is 270 g/mol. The summed E-state index contributed by atoms with van der Waals surface area (Å²) in [5.41, 5.74) is 13.1. The highest BCUT2D eigenvalue weighted by Crippen LogP contribution is 2.00. The van der Waals surface area contributed by atoms with Crippen LogP contribution in [-0.4, -0.2) is 19.6 Å². The SMILES string of the molecule is NCCCCN.c1ccc(CCNCc2ccccc2)cc1. The molecule has 0 spiro atoms. The molecule has 0 aliphatic carbocycles. The molecule has 0 atom stereocenters. The fraction of sp³-hybridized carbons (Fsp3) is 0.368. The Kier molecular flexibility index (Phi) is 10.9. The van der Waals surface area contributed by atoms with E-state index in [0.717, 1.165) is 45.4 Å². The van der Waals surface area contributed by atoms with E-state index in [9.17, 15) is 0 Å². The zero-order valence-electron chi connectivity index (χ0n) is 13.4. The van der Waals surface area contributed by atoms with Crippen molar-refractivity contribution in [1.82, 2.24) is 5.32 Å². The van der Waals surface area contributed by atoms with Crippen LogP contribution >= 0.6 is 0 Å². The molecule has 2 aromatic rings. The number of nitrogens with one attached hydrogen (secondary N) is 1. The first-order valence-corrected chi connectivity index (χ1v) is 8.05. The summed E-state index contributed by atoms with van der Waals surface area (Å²) in [5.74, 6) is 0. The van der Waals surface area contributed by atoms with Crippen LogP contribution in [0.3, 0.4) is 0 Å². The van der Waals surface area contributed by atoms with Crippen molar-refractivity contribution in [3.8, 4) is 0 Å². The quantitative estimate of drug-likeness (QED) is 0.657. The molecule has 22 heavy (non-hydrogen) atoms. The molecule has 120 valence electrons. The Bertz CT molecular complexity index is 411. The van der Waals surface area contributed by atoms with Gasteiger partial charge in [0.2, 0.25) is 0 Å². The van der Waals surface area contributed by atoms with Crippen LogP contribution in [0.2, 0.25) is 0 Å². The Hall–Kier alpha value is -1.68. The number of hydrogen-bond donors (Lipinski definition) is 3. The number of benzene rings is 2. The van der Waals surface area contributed by atoms with Gasteiger partial charge in [0.1, 0.15) is 0 Å². The summed E-state index contributed by atoms with van der Waals surface area (Å²) >= 11 is 0. The highest BCUT2D eigenvalue weighted by molar-refractivity contribution is 5.16. The molecule has 3 nitrogen and oxygen atoms in total. The largest absolute Gasteiger partial charge is 0.330 e. The van der Waals surface area contributed by atoms with E-state index < -0.39 is 0 Å². The molecule has 0 aromatic heterocycles. The van der Waals surface area contributed by atoms with Crippen molar-refractivity contribution in [3.05, 3.63) is 71.8 Å². The summed E-state index contributed by atoms with van der Waals surface area (Å²) in [6, 6.07) is 21.1. The van der Waals surface area contributed by atoms with Gasteiger partial charge in [0.05, 0.1) is 0 Å². The number of nitrogens with two attached hydrogens (primary N) is 2. The van der Waals surface area contributed by atoms with Gasteiger partial charge in [0, 0.05) is 6.54 Å². The summed E-state index contributed by atoms with van der Waals surface area (Å²) in [6.07, 6.45) is 3.22. The van der Waals surface area contributed by atoms with Gasteiger partial charge in [-0.05, 0) is 50.0 Å². The highest BCUT2D eigenvalue weighted by Gasteiger charge is 1.92. The van der Waals surface area contributed by atoms with Crippen molar-refractivity contribution in [2.45, 2.75) is 25.8 Å². The number of rotatable bonds is 8. The third-order valence-electron chi connectivity index (χ3n) is 3.26. The lowest BCUT2D eigenvalue weighted by atomic mass is 10.1. The Morgan fingerprint density at radius 1 is 0.682 bits per heavy atom. The molecule has 2 aromatic carbocycles. The molecule has 0 saturated carbocycles. The molecule has 0 aliphatic rings. The van der Waals surface area contributed by atoms with Crippen LogP contribution in [0.1, 0.15) is 24.0 Å². The normalized spacial score (nSPS) is 9.91. The molecule has 5 N–H and O–H groups in total. The smallest absolute Gasteiger partial charge is 0.0205 e. The Morgan fingerprint density at radius 2 is 1.18 bits per heavy atom. The van der Waals surface area contributed by atoms with E-state index in [0.29, 0.717) is 0 Å². The van der Waals surface area contributed by atoms with Gasteiger partial charge in [-0.25, -0.2) is 0 Å². The second-order valence-electron chi connectivity index (χ2n) is 5.18. The minimum Gasteiger partial charge on any atom is -0.330 e. The van der Waals surface area contributed by atoms with Crippen LogP contribution < -0.4 is 16.8 Å². The average Bonchev–Trinajstić information content (AvgIpc) is 2.59. The Balaban J connectivity index is 0.000000346. The van der Waals surface area contributed by atoms with E-state index in [2.05, 4.69) is 59.9 Å². The van der Waals surface area contributed by atoms with E-state index in [-0.39, 0.29) is 0 Å². The molecule has 2 rings (SSSR count). The topological polar surface area (TPSA) is 64.1 Å². The molecule has 0 amide bonds. The monoisotopic (exact) mass is 299 g/mol. The Morgan fingerprint density at radius 3 is 1.68 bits per heavy atom. The fourth-order valence-electron chi connectivity index (χ4n) is 1.99. The first-order valence-electron chi connectivity index (χ1n) is 8.05. The van der Waals surface area contributed by atoms with Gasteiger partial charge < -0.3 is 16.8 Å². The molecule has 0 radical (unpaired) electrons. The van der Waals surface area contributed by atoms with Crippen molar-refractivity contribution in [2.75, 3.05) is 19.6 Å². The van der Waals surface area contributed by atoms with Crippen LogP contribution in [0.5, 0.6) is 0 Å². The van der Waals surface area contributed by atoms with Crippen molar-refractivity contribution >= 4 is 0 Å². The van der Waals surface area contributed by atoms with Gasteiger partial charge in [0.25, 0.3) is 0 Å². The maximum atomic E-state index is 5.16. The summed E-state index contributed by atoms with van der Waals surface area (Å²) in [7, 11) is 0. The molecule has 0 aliphatic heterocycles. The molecule has 0 fully saturated rings. The molecule has 0 saturated heterocycles. The molecule has 0 unspecified atom stereocenters. The van der Waals surface area contributed by atoms with E-state index in [1.807, 2.05) is 6.07 Å². The predicted octanol–water partition coefficient (Wildman–Crippen LogP) is 2.70. The average molecular weight is 299 g/mol. The molecule has 0 heterocycles. The molecule has 3 heteroatoms. The van der Waals surface area contributed by atoms with E-state index in [4.69, 9.17) is 11.5 Å². The molecule has 0 bridgehead atoms. The highest BCUT2D eigenvalue weighted by atomic mass is 14.8. The maximum Gasteiger partial charge on any atom is 0.0205 e. The van der Waals surface area contributed by atoms with Gasteiger partial charge in [-0.15, -0.1) is 0 Å². The van der Waals surface area contributed by atoms with Gasteiger partial charge in [0.15, 0.2) is 0 Å². The standard InChI is InChI=1S/C15H17N.C4H12N2/c1-3-7-14(8-4-1)11-12-16-13-15-9-5-2-6-10-15;5-3-1-2-4-6/h1-10,16H,11-13H2;1-6H2. The third-order valence-corrected chi connectivity index (χ3v) is 3.26. The summed E-state index contributed by atoms with van der Waals surface area (Å²) in [6.45, 7) is 3.53. The van der Waals surface area contributed by atoms with Crippen molar-refractivity contribution in [3.63, 3.8) is 0 Å². The summed E-state index contributed by atoms with van der Waals surface area (Å²) in [5, 5.41) is 3.45. The van der Waals surface area contributed by atoms with Crippen molar-refractivity contribution in [2.24, 2.45) is 11.5 Å². The first-order chi connectivity index (χ1) is 10.9. The first kappa shape index (κ1) is 18.4. The van der Waals surface area contributed by atoms with E-state index in [1.54, 1.807) is 0 Å². The van der Waals surface area contributed by atoms with Crippen LogP contribution in [-0.2, 0) is 13.0 Å². The number of hydrogen-bond acceptors (Lipinski definition) is 3. The van der Waals surface area contributed by atoms with Gasteiger partial charge in [-0.1, -0.05) is 60.7 Å². The fourth-order valence-corrected chi connectivity index (χ4v) is 1.99. The van der Waals surface area contributed by atoms with Crippen LogP contribution in [0.4, 0.5) is 0 Å². The van der Waals surface area contributed by atoms with Crippen molar-refractivity contribution in [1.29, 1.82) is 0 Å². The molecular formula is C19H29N3. The van der Waals surface area contributed by atoms with E-state index in [1.165, 1.54) is 11.1 Å². The third kappa shape index (κ3) is 9.29. The minimum absolute atomic E-state index is 0.775. The minimum atomic E-state index is 0.775.